The number of hydrogen-bond acceptors (Lipinski definition) is 1. The van der Waals surface area contributed by atoms with Crippen molar-refractivity contribution < 1.29 is 0 Å². The first-order valence-corrected chi connectivity index (χ1v) is 9.16. The maximum absolute atomic E-state index is 6.62. The minimum Gasteiger partial charge on any atom is -0.142 e. The van der Waals surface area contributed by atoms with Crippen molar-refractivity contribution in [2.75, 3.05) is 0 Å². The zero-order chi connectivity index (χ0) is 15.0. The average Bonchev–Trinajstić information content (AvgIpc) is 2.88. The van der Waals surface area contributed by atoms with Crippen molar-refractivity contribution >= 4 is 72.2 Å². The fourth-order valence-electron chi connectivity index (χ4n) is 2.27. The van der Waals surface area contributed by atoms with Crippen molar-refractivity contribution in [2.45, 2.75) is 11.8 Å². The Labute approximate surface area is 150 Å². The molecule has 0 bridgehead atoms. The lowest BCUT2D eigenvalue weighted by Crippen LogP contribution is -1.95. The lowest BCUT2D eigenvalue weighted by Gasteiger charge is -2.10. The van der Waals surface area contributed by atoms with Crippen LogP contribution in [-0.2, 0) is 6.42 Å². The summed E-state index contributed by atoms with van der Waals surface area (Å²) in [6.07, 6.45) is 0.719. The summed E-state index contributed by atoms with van der Waals surface area (Å²) in [5, 5.41) is 4.37. The molecule has 0 N–H and O–H groups in total. The lowest BCUT2D eigenvalue weighted by molar-refractivity contribution is 0.932. The van der Waals surface area contributed by atoms with Crippen molar-refractivity contribution in [2.24, 2.45) is 0 Å². The molecule has 0 aliphatic carbocycles. The van der Waals surface area contributed by atoms with Crippen LogP contribution in [0.5, 0.6) is 0 Å². The molecule has 1 heterocycles. The Morgan fingerprint density at radius 1 is 1.10 bits per heavy atom. The van der Waals surface area contributed by atoms with E-state index in [1.54, 1.807) is 11.3 Å². The molecule has 1 aromatic heterocycles. The van der Waals surface area contributed by atoms with Crippen molar-refractivity contribution in [3.63, 3.8) is 0 Å². The highest BCUT2D eigenvalue weighted by Gasteiger charge is 2.15. The van der Waals surface area contributed by atoms with E-state index in [2.05, 4.69) is 27.4 Å². The molecule has 0 spiro atoms. The number of rotatable bonds is 3. The van der Waals surface area contributed by atoms with Crippen LogP contribution >= 0.6 is 62.1 Å². The number of benzene rings is 2. The number of thiophene rings is 1. The van der Waals surface area contributed by atoms with Gasteiger partial charge in [-0.3, -0.25) is 0 Å². The van der Waals surface area contributed by atoms with Crippen LogP contribution in [0.2, 0.25) is 10.0 Å². The molecule has 3 rings (SSSR count). The molecule has 0 aliphatic rings. The molecule has 0 amide bonds. The molecule has 0 radical (unpaired) electrons. The number of hydrogen-bond donors (Lipinski definition) is 0. The molecular formula is C16H10BrCl3S. The molecule has 5 heteroatoms. The van der Waals surface area contributed by atoms with Crippen LogP contribution in [0.25, 0.3) is 10.1 Å². The Morgan fingerprint density at radius 3 is 2.67 bits per heavy atom. The second-order valence-corrected chi connectivity index (χ2v) is 7.80. The molecule has 0 fully saturated rings. The molecule has 0 saturated heterocycles. The van der Waals surface area contributed by atoms with Crippen LogP contribution in [0, 0.1) is 0 Å². The zero-order valence-corrected chi connectivity index (χ0v) is 15.4. The molecule has 3 aromatic rings. The van der Waals surface area contributed by atoms with Gasteiger partial charge in [-0.05, 0) is 62.4 Å². The van der Waals surface area contributed by atoms with E-state index >= 15 is 0 Å². The first-order chi connectivity index (χ1) is 10.1. The Balaban J connectivity index is 1.91. The number of fused-ring (bicyclic) bond motifs is 1. The Morgan fingerprint density at radius 2 is 1.90 bits per heavy atom. The summed E-state index contributed by atoms with van der Waals surface area (Å²) >= 11 is 23.9. The second kappa shape index (κ2) is 6.47. The van der Waals surface area contributed by atoms with Gasteiger partial charge in [0.1, 0.15) is 0 Å². The van der Waals surface area contributed by atoms with Gasteiger partial charge >= 0.3 is 0 Å². The van der Waals surface area contributed by atoms with Gasteiger partial charge < -0.3 is 0 Å². The van der Waals surface area contributed by atoms with Gasteiger partial charge in [-0.1, -0.05) is 41.4 Å². The highest BCUT2D eigenvalue weighted by Crippen LogP contribution is 2.38. The minimum atomic E-state index is -0.0923. The van der Waals surface area contributed by atoms with E-state index in [0.717, 1.165) is 22.0 Å². The average molecular weight is 421 g/mol. The summed E-state index contributed by atoms with van der Waals surface area (Å²) in [6.45, 7) is 0. The van der Waals surface area contributed by atoms with Crippen LogP contribution in [-0.4, -0.2) is 0 Å². The van der Waals surface area contributed by atoms with Crippen molar-refractivity contribution in [1.82, 2.24) is 0 Å². The SMILES string of the molecule is Clc1ccc(CC(Cl)c2csc3c(Br)cccc23)cc1Cl. The predicted octanol–water partition coefficient (Wildman–Crippen LogP) is 7.49. The van der Waals surface area contributed by atoms with Crippen LogP contribution < -0.4 is 0 Å². The second-order valence-electron chi connectivity index (χ2n) is 4.73. The van der Waals surface area contributed by atoms with Crippen LogP contribution in [0.15, 0.2) is 46.3 Å². The Bertz CT molecular complexity index is 797. The van der Waals surface area contributed by atoms with E-state index in [4.69, 9.17) is 34.8 Å². The standard InChI is InChI=1S/C16H10BrCl3S/c17-12-3-1-2-10-11(8-21-16(10)12)14(19)6-9-4-5-13(18)15(20)7-9/h1-5,7-8,14H,6H2. The van der Waals surface area contributed by atoms with Crippen LogP contribution in [0.4, 0.5) is 0 Å². The monoisotopic (exact) mass is 418 g/mol. The quantitative estimate of drug-likeness (QED) is 0.385. The summed E-state index contributed by atoms with van der Waals surface area (Å²) < 4.78 is 2.34. The first kappa shape index (κ1) is 15.6. The highest BCUT2D eigenvalue weighted by molar-refractivity contribution is 9.10. The van der Waals surface area contributed by atoms with Gasteiger partial charge in [0, 0.05) is 9.17 Å². The number of alkyl halides is 1. The van der Waals surface area contributed by atoms with Gasteiger partial charge in [0.2, 0.25) is 0 Å². The zero-order valence-electron chi connectivity index (χ0n) is 10.7. The summed E-state index contributed by atoms with van der Waals surface area (Å²) in [7, 11) is 0. The van der Waals surface area contributed by atoms with E-state index in [1.165, 1.54) is 10.1 Å². The molecule has 1 atom stereocenters. The lowest BCUT2D eigenvalue weighted by atomic mass is 10.0. The van der Waals surface area contributed by atoms with Crippen molar-refractivity contribution in [3.05, 3.63) is 67.4 Å². The van der Waals surface area contributed by atoms with Crippen LogP contribution in [0.3, 0.4) is 0 Å². The highest BCUT2D eigenvalue weighted by atomic mass is 79.9. The third kappa shape index (κ3) is 3.25. The molecule has 2 aromatic carbocycles. The predicted molar refractivity (Wildman–Crippen MR) is 98.3 cm³/mol. The first-order valence-electron chi connectivity index (χ1n) is 6.30. The largest absolute Gasteiger partial charge is 0.142 e. The van der Waals surface area contributed by atoms with Gasteiger partial charge in [-0.25, -0.2) is 0 Å². The molecule has 1 unspecified atom stereocenters. The van der Waals surface area contributed by atoms with Gasteiger partial charge in [0.05, 0.1) is 15.4 Å². The van der Waals surface area contributed by atoms with Crippen LogP contribution in [0.1, 0.15) is 16.5 Å². The number of halogens is 4. The van der Waals surface area contributed by atoms with Gasteiger partial charge in [0.25, 0.3) is 0 Å². The summed E-state index contributed by atoms with van der Waals surface area (Å²) in [6, 6.07) is 11.8. The van der Waals surface area contributed by atoms with Crippen molar-refractivity contribution in [3.8, 4) is 0 Å². The molecule has 0 saturated carbocycles. The maximum atomic E-state index is 6.62. The third-order valence-corrected chi connectivity index (χ3v) is 6.42. The summed E-state index contributed by atoms with van der Waals surface area (Å²) in [5.41, 5.74) is 2.24. The Hall–Kier alpha value is -0.250. The van der Waals surface area contributed by atoms with Gasteiger partial charge in [-0.15, -0.1) is 22.9 Å². The minimum absolute atomic E-state index is 0.0923. The molecule has 0 aliphatic heterocycles. The molecule has 108 valence electrons. The fourth-order valence-corrected chi connectivity index (χ4v) is 4.70. The van der Waals surface area contributed by atoms with E-state index in [0.29, 0.717) is 10.0 Å². The smallest absolute Gasteiger partial charge is 0.0639 e. The summed E-state index contributed by atoms with van der Waals surface area (Å²) in [4.78, 5) is 0. The maximum Gasteiger partial charge on any atom is 0.0639 e. The normalized spacial score (nSPS) is 12.8. The molecule has 0 nitrogen and oxygen atoms in total. The third-order valence-electron chi connectivity index (χ3n) is 3.32. The Kier molecular flexibility index (Phi) is 4.82. The molecular weight excluding hydrogens is 411 g/mol. The van der Waals surface area contributed by atoms with E-state index in [9.17, 15) is 0 Å². The van der Waals surface area contributed by atoms with Crippen molar-refractivity contribution in [1.29, 1.82) is 0 Å². The summed E-state index contributed by atoms with van der Waals surface area (Å²) in [5.74, 6) is 0. The van der Waals surface area contributed by atoms with E-state index in [1.807, 2.05) is 30.3 Å². The molecule has 21 heavy (non-hydrogen) atoms. The van der Waals surface area contributed by atoms with E-state index in [-0.39, 0.29) is 5.38 Å². The van der Waals surface area contributed by atoms with Gasteiger partial charge in [-0.2, -0.15) is 0 Å². The fraction of sp³-hybridized carbons (Fsp3) is 0.125. The van der Waals surface area contributed by atoms with E-state index < -0.39 is 0 Å². The topological polar surface area (TPSA) is 0 Å². The van der Waals surface area contributed by atoms with Gasteiger partial charge in [0.15, 0.2) is 0 Å².